The fraction of sp³-hybridized carbons (Fsp3) is 0. The largest absolute Gasteiger partial charge is 0.309 e. The van der Waals surface area contributed by atoms with Crippen molar-refractivity contribution in [3.8, 4) is 23.5 Å². The number of hydrogen-bond acceptors (Lipinski definition) is 2. The third-order valence-corrected chi connectivity index (χ3v) is 6.97. The monoisotopic (exact) mass is 458 g/mol. The third-order valence-electron chi connectivity index (χ3n) is 6.97. The molecule has 2 aromatic heterocycles. The van der Waals surface area contributed by atoms with E-state index in [-0.39, 0.29) is 0 Å². The normalized spacial score (nSPS) is 11.3. The molecule has 4 heteroatoms. The SMILES string of the molecule is N#Cc1ccc(-n2c3ccccc3c3cc4c(cc32)c2ccccc2n4-c2ccccc2)c(C#N)c1. The second-order valence-electron chi connectivity index (χ2n) is 8.88. The molecule has 0 bridgehead atoms. The van der Waals surface area contributed by atoms with Crippen LogP contribution in [0.3, 0.4) is 0 Å². The van der Waals surface area contributed by atoms with Crippen molar-refractivity contribution in [2.75, 3.05) is 0 Å². The first-order chi connectivity index (χ1) is 17.8. The molecule has 5 aromatic carbocycles. The van der Waals surface area contributed by atoms with Crippen molar-refractivity contribution in [1.29, 1.82) is 10.5 Å². The van der Waals surface area contributed by atoms with Gasteiger partial charge in [0, 0.05) is 27.2 Å². The Balaban J connectivity index is 1.68. The molecule has 0 saturated carbocycles. The first kappa shape index (κ1) is 20.1. The highest BCUT2D eigenvalue weighted by atomic mass is 15.0. The van der Waals surface area contributed by atoms with Gasteiger partial charge < -0.3 is 9.13 Å². The van der Waals surface area contributed by atoms with Crippen LogP contribution in [0.25, 0.3) is 55.0 Å². The van der Waals surface area contributed by atoms with Gasteiger partial charge in [-0.25, -0.2) is 0 Å². The second kappa shape index (κ2) is 7.60. The van der Waals surface area contributed by atoms with Gasteiger partial charge in [0.15, 0.2) is 0 Å². The number of para-hydroxylation sites is 3. The van der Waals surface area contributed by atoms with E-state index in [0.717, 1.165) is 49.6 Å². The molecular weight excluding hydrogens is 440 g/mol. The summed E-state index contributed by atoms with van der Waals surface area (Å²) >= 11 is 0. The highest BCUT2D eigenvalue weighted by molar-refractivity contribution is 6.19. The van der Waals surface area contributed by atoms with Crippen LogP contribution < -0.4 is 0 Å². The van der Waals surface area contributed by atoms with Gasteiger partial charge >= 0.3 is 0 Å². The Bertz CT molecular complexity index is 2060. The molecule has 7 rings (SSSR count). The molecule has 2 heterocycles. The van der Waals surface area contributed by atoms with Crippen LogP contribution in [-0.4, -0.2) is 9.13 Å². The number of fused-ring (bicyclic) bond motifs is 6. The van der Waals surface area contributed by atoms with E-state index < -0.39 is 0 Å². The van der Waals surface area contributed by atoms with E-state index in [1.165, 1.54) is 5.39 Å². The zero-order valence-corrected chi connectivity index (χ0v) is 19.2. The Labute approximate surface area is 207 Å². The van der Waals surface area contributed by atoms with Gasteiger partial charge in [-0.15, -0.1) is 0 Å². The van der Waals surface area contributed by atoms with Crippen LogP contribution >= 0.6 is 0 Å². The minimum Gasteiger partial charge on any atom is -0.309 e. The molecule has 0 aliphatic heterocycles. The van der Waals surface area contributed by atoms with Crippen LogP contribution in [0.2, 0.25) is 0 Å². The third kappa shape index (κ3) is 2.73. The van der Waals surface area contributed by atoms with Crippen LogP contribution in [0.1, 0.15) is 11.1 Å². The van der Waals surface area contributed by atoms with Crippen LogP contribution in [0.5, 0.6) is 0 Å². The average Bonchev–Trinajstić information content (AvgIpc) is 3.44. The van der Waals surface area contributed by atoms with Crippen molar-refractivity contribution >= 4 is 43.6 Å². The topological polar surface area (TPSA) is 57.4 Å². The molecule has 0 unspecified atom stereocenters. The number of nitrogens with zero attached hydrogens (tertiary/aromatic N) is 4. The van der Waals surface area contributed by atoms with E-state index >= 15 is 0 Å². The molecule has 0 spiro atoms. The Morgan fingerprint density at radius 2 is 1.06 bits per heavy atom. The van der Waals surface area contributed by atoms with Crippen molar-refractivity contribution in [3.63, 3.8) is 0 Å². The van der Waals surface area contributed by atoms with Gasteiger partial charge in [-0.05, 0) is 54.6 Å². The second-order valence-corrected chi connectivity index (χ2v) is 8.88. The van der Waals surface area contributed by atoms with E-state index in [0.29, 0.717) is 11.1 Å². The molecule has 0 atom stereocenters. The molecule has 0 amide bonds. The predicted molar refractivity (Wildman–Crippen MR) is 145 cm³/mol. The van der Waals surface area contributed by atoms with Crippen LogP contribution in [0, 0.1) is 22.7 Å². The fourth-order valence-electron chi connectivity index (χ4n) is 5.44. The lowest BCUT2D eigenvalue weighted by molar-refractivity contribution is 1.16. The lowest BCUT2D eigenvalue weighted by Gasteiger charge is -2.10. The highest BCUT2D eigenvalue weighted by Gasteiger charge is 2.19. The standard InChI is InChI=1S/C32H18N4/c33-19-21-14-15-28(22(16-21)20-34)36-30-13-7-5-11-25(30)27-17-31-26(18-32(27)36)24-10-4-6-12-29(24)35(31)23-8-2-1-3-9-23/h1-18H. The molecule has 0 N–H and O–H groups in total. The Morgan fingerprint density at radius 1 is 0.472 bits per heavy atom. The van der Waals surface area contributed by atoms with Gasteiger partial charge in [0.1, 0.15) is 6.07 Å². The van der Waals surface area contributed by atoms with E-state index in [1.807, 2.05) is 24.3 Å². The van der Waals surface area contributed by atoms with Gasteiger partial charge in [0.25, 0.3) is 0 Å². The van der Waals surface area contributed by atoms with Crippen LogP contribution in [0.4, 0.5) is 0 Å². The smallest absolute Gasteiger partial charge is 0.101 e. The summed E-state index contributed by atoms with van der Waals surface area (Å²) in [5, 5.41) is 23.9. The van der Waals surface area contributed by atoms with Gasteiger partial charge in [-0.3, -0.25) is 0 Å². The minimum absolute atomic E-state index is 0.475. The van der Waals surface area contributed by atoms with E-state index in [2.05, 4.69) is 94.1 Å². The van der Waals surface area contributed by atoms with Gasteiger partial charge in [-0.1, -0.05) is 54.6 Å². The minimum atomic E-state index is 0.475. The molecular formula is C32H18N4. The van der Waals surface area contributed by atoms with Gasteiger partial charge in [0.2, 0.25) is 0 Å². The summed E-state index contributed by atoms with van der Waals surface area (Å²) in [6.45, 7) is 0. The summed E-state index contributed by atoms with van der Waals surface area (Å²) in [6.07, 6.45) is 0. The van der Waals surface area contributed by atoms with Gasteiger partial charge in [-0.2, -0.15) is 10.5 Å². The molecule has 7 aromatic rings. The Morgan fingerprint density at radius 3 is 1.69 bits per heavy atom. The van der Waals surface area contributed by atoms with Crippen LogP contribution in [0.15, 0.2) is 109 Å². The quantitative estimate of drug-likeness (QED) is 0.267. The van der Waals surface area contributed by atoms with E-state index in [9.17, 15) is 10.5 Å². The maximum Gasteiger partial charge on any atom is 0.101 e. The fourth-order valence-corrected chi connectivity index (χ4v) is 5.44. The summed E-state index contributed by atoms with van der Waals surface area (Å²) in [6, 6.07) is 41.5. The number of rotatable bonds is 2. The summed E-state index contributed by atoms with van der Waals surface area (Å²) in [4.78, 5) is 0. The average molecular weight is 459 g/mol. The van der Waals surface area contributed by atoms with Crippen molar-refractivity contribution < 1.29 is 0 Å². The molecule has 36 heavy (non-hydrogen) atoms. The first-order valence-electron chi connectivity index (χ1n) is 11.7. The molecule has 0 aliphatic carbocycles. The molecule has 0 aliphatic rings. The first-order valence-corrected chi connectivity index (χ1v) is 11.7. The van der Waals surface area contributed by atoms with Crippen molar-refractivity contribution in [1.82, 2.24) is 9.13 Å². The summed E-state index contributed by atoms with van der Waals surface area (Å²) < 4.78 is 4.47. The number of nitriles is 2. The molecule has 0 saturated heterocycles. The zero-order chi connectivity index (χ0) is 24.2. The number of aromatic nitrogens is 2. The van der Waals surface area contributed by atoms with Crippen molar-refractivity contribution in [2.24, 2.45) is 0 Å². The van der Waals surface area contributed by atoms with Crippen LogP contribution in [-0.2, 0) is 0 Å². The lowest BCUT2D eigenvalue weighted by Crippen LogP contribution is -1.98. The predicted octanol–water partition coefficient (Wildman–Crippen LogP) is 7.62. The Kier molecular flexibility index (Phi) is 4.24. The number of hydrogen-bond donors (Lipinski definition) is 0. The van der Waals surface area contributed by atoms with Crippen molar-refractivity contribution in [3.05, 3.63) is 120 Å². The molecule has 166 valence electrons. The lowest BCUT2D eigenvalue weighted by atomic mass is 10.1. The maximum atomic E-state index is 9.95. The van der Waals surface area contributed by atoms with E-state index in [4.69, 9.17) is 0 Å². The molecule has 0 fully saturated rings. The maximum absolute atomic E-state index is 9.95. The summed E-state index contributed by atoms with van der Waals surface area (Å²) in [7, 11) is 0. The zero-order valence-electron chi connectivity index (χ0n) is 19.2. The Hall–Kier alpha value is -5.32. The van der Waals surface area contributed by atoms with E-state index in [1.54, 1.807) is 12.1 Å². The number of benzene rings is 5. The van der Waals surface area contributed by atoms with Crippen molar-refractivity contribution in [2.45, 2.75) is 0 Å². The molecule has 4 nitrogen and oxygen atoms in total. The summed E-state index contributed by atoms with van der Waals surface area (Å²) in [5.74, 6) is 0. The highest BCUT2D eigenvalue weighted by Crippen LogP contribution is 2.39. The molecule has 0 radical (unpaired) electrons. The summed E-state index contributed by atoms with van der Waals surface area (Å²) in [5.41, 5.74) is 7.18. The van der Waals surface area contributed by atoms with Gasteiger partial charge in [0.05, 0.1) is 45.0 Å².